The Labute approximate surface area is 132 Å². The third-order valence-corrected chi connectivity index (χ3v) is 4.10. The molecule has 0 saturated carbocycles. The molecule has 0 amide bonds. The summed E-state index contributed by atoms with van der Waals surface area (Å²) in [5.41, 5.74) is 0.191. The molecule has 0 fully saturated rings. The van der Waals surface area contributed by atoms with Crippen molar-refractivity contribution in [2.75, 3.05) is 67.7 Å². The van der Waals surface area contributed by atoms with E-state index in [2.05, 4.69) is 51.8 Å². The molecule has 0 spiro atoms. The van der Waals surface area contributed by atoms with Crippen LogP contribution >= 0.6 is 0 Å². The first kappa shape index (κ1) is 20.8. The number of hydrogen-bond donors (Lipinski definition) is 0. The highest BCUT2D eigenvalue weighted by atomic mass is 16.5. The summed E-state index contributed by atoms with van der Waals surface area (Å²) in [4.78, 5) is 4.40. The van der Waals surface area contributed by atoms with E-state index >= 15 is 0 Å². The van der Waals surface area contributed by atoms with Gasteiger partial charge in [-0.1, -0.05) is 13.8 Å². The monoisotopic (exact) mass is 302 g/mol. The molecule has 0 atom stereocenters. The van der Waals surface area contributed by atoms with Crippen LogP contribution in [0.3, 0.4) is 0 Å². The largest absolute Gasteiger partial charge is 0.381 e. The zero-order valence-corrected chi connectivity index (χ0v) is 15.3. The average Bonchev–Trinajstić information content (AvgIpc) is 2.44. The van der Waals surface area contributed by atoms with Crippen LogP contribution in [-0.4, -0.2) is 77.5 Å². The second-order valence-electron chi connectivity index (χ2n) is 6.63. The molecular weight excluding hydrogens is 264 g/mol. The Balaban J connectivity index is 3.89. The number of ether oxygens (including phenoxy) is 2. The molecule has 0 aliphatic heterocycles. The zero-order chi connectivity index (χ0) is 16.1. The Morgan fingerprint density at radius 1 is 0.714 bits per heavy atom. The van der Waals surface area contributed by atoms with Crippen molar-refractivity contribution in [3.05, 3.63) is 0 Å². The second-order valence-corrected chi connectivity index (χ2v) is 6.63. The van der Waals surface area contributed by atoms with Gasteiger partial charge in [-0.3, -0.25) is 0 Å². The van der Waals surface area contributed by atoms with Crippen LogP contribution in [0.25, 0.3) is 0 Å². The Morgan fingerprint density at radius 2 is 1.10 bits per heavy atom. The lowest BCUT2D eigenvalue weighted by Crippen LogP contribution is -2.32. The molecule has 0 bridgehead atoms. The molecule has 0 aromatic rings. The van der Waals surface area contributed by atoms with Crippen LogP contribution in [0.15, 0.2) is 0 Å². The molecule has 4 heteroatoms. The summed E-state index contributed by atoms with van der Waals surface area (Å²) in [5.74, 6) is 0. The molecule has 0 saturated heterocycles. The molecular formula is C17H38N2O2. The van der Waals surface area contributed by atoms with Gasteiger partial charge in [0, 0.05) is 18.6 Å². The summed E-state index contributed by atoms with van der Waals surface area (Å²) < 4.78 is 11.8. The fourth-order valence-electron chi connectivity index (χ4n) is 2.24. The molecule has 0 unspecified atom stereocenters. The minimum absolute atomic E-state index is 0.191. The van der Waals surface area contributed by atoms with Crippen LogP contribution in [0.5, 0.6) is 0 Å². The highest BCUT2D eigenvalue weighted by Gasteiger charge is 2.26. The van der Waals surface area contributed by atoms with Crippen molar-refractivity contribution in [2.45, 2.75) is 39.5 Å². The smallest absolute Gasteiger partial charge is 0.0544 e. The van der Waals surface area contributed by atoms with Crippen LogP contribution in [0.2, 0.25) is 0 Å². The Morgan fingerprint density at radius 3 is 1.38 bits per heavy atom. The number of nitrogens with zero attached hydrogens (tertiary/aromatic N) is 2. The first-order valence-electron chi connectivity index (χ1n) is 8.40. The predicted molar refractivity (Wildman–Crippen MR) is 91.0 cm³/mol. The van der Waals surface area contributed by atoms with E-state index in [0.29, 0.717) is 0 Å². The van der Waals surface area contributed by atoms with Crippen molar-refractivity contribution in [1.29, 1.82) is 0 Å². The van der Waals surface area contributed by atoms with Crippen molar-refractivity contribution in [1.82, 2.24) is 9.80 Å². The number of rotatable bonds is 14. The van der Waals surface area contributed by atoms with Gasteiger partial charge in [-0.05, 0) is 67.0 Å². The van der Waals surface area contributed by atoms with E-state index in [0.717, 1.165) is 65.2 Å². The van der Waals surface area contributed by atoms with Crippen LogP contribution in [-0.2, 0) is 9.47 Å². The van der Waals surface area contributed by atoms with Crippen molar-refractivity contribution >= 4 is 0 Å². The van der Waals surface area contributed by atoms with Gasteiger partial charge in [-0.2, -0.15) is 0 Å². The van der Waals surface area contributed by atoms with E-state index in [1.165, 1.54) is 0 Å². The lowest BCUT2D eigenvalue weighted by atomic mass is 9.84. The Bertz CT molecular complexity index is 209. The van der Waals surface area contributed by atoms with Crippen LogP contribution in [0, 0.1) is 5.41 Å². The van der Waals surface area contributed by atoms with E-state index in [9.17, 15) is 0 Å². The summed E-state index contributed by atoms with van der Waals surface area (Å²) in [5, 5.41) is 0. The molecule has 0 aliphatic rings. The molecule has 0 radical (unpaired) electrons. The van der Waals surface area contributed by atoms with E-state index in [4.69, 9.17) is 9.47 Å². The van der Waals surface area contributed by atoms with E-state index in [-0.39, 0.29) is 5.41 Å². The van der Waals surface area contributed by atoms with Gasteiger partial charge in [-0.25, -0.2) is 0 Å². The van der Waals surface area contributed by atoms with Gasteiger partial charge in [0.15, 0.2) is 0 Å². The van der Waals surface area contributed by atoms with E-state index in [1.54, 1.807) is 0 Å². The molecule has 21 heavy (non-hydrogen) atoms. The first-order chi connectivity index (χ1) is 9.95. The van der Waals surface area contributed by atoms with Gasteiger partial charge < -0.3 is 19.3 Å². The van der Waals surface area contributed by atoms with Crippen molar-refractivity contribution < 1.29 is 9.47 Å². The molecule has 0 aromatic heterocycles. The highest BCUT2D eigenvalue weighted by Crippen LogP contribution is 2.27. The van der Waals surface area contributed by atoms with Gasteiger partial charge in [0.1, 0.15) is 0 Å². The quantitative estimate of drug-likeness (QED) is 0.461. The SMILES string of the molecule is CCC(CC)(COCCCN(C)C)COCCCN(C)C. The minimum Gasteiger partial charge on any atom is -0.381 e. The maximum Gasteiger partial charge on any atom is 0.0544 e. The summed E-state index contributed by atoms with van der Waals surface area (Å²) in [7, 11) is 8.40. The third-order valence-electron chi connectivity index (χ3n) is 4.10. The summed E-state index contributed by atoms with van der Waals surface area (Å²) >= 11 is 0. The van der Waals surface area contributed by atoms with Gasteiger partial charge in [0.05, 0.1) is 13.2 Å². The molecule has 128 valence electrons. The molecule has 0 N–H and O–H groups in total. The maximum atomic E-state index is 5.91. The molecule has 4 nitrogen and oxygen atoms in total. The van der Waals surface area contributed by atoms with E-state index in [1.807, 2.05) is 0 Å². The first-order valence-corrected chi connectivity index (χ1v) is 8.40. The number of hydrogen-bond acceptors (Lipinski definition) is 4. The lowest BCUT2D eigenvalue weighted by molar-refractivity contribution is -0.0294. The molecule has 0 heterocycles. The van der Waals surface area contributed by atoms with Crippen LogP contribution in [0.1, 0.15) is 39.5 Å². The van der Waals surface area contributed by atoms with Gasteiger partial charge in [-0.15, -0.1) is 0 Å². The third kappa shape index (κ3) is 11.1. The average molecular weight is 303 g/mol. The van der Waals surface area contributed by atoms with Gasteiger partial charge >= 0.3 is 0 Å². The summed E-state index contributed by atoms with van der Waals surface area (Å²) in [6, 6.07) is 0. The van der Waals surface area contributed by atoms with E-state index < -0.39 is 0 Å². The standard InChI is InChI=1S/C17H38N2O2/c1-7-17(8-2,15-20-13-9-11-18(3)4)16-21-14-10-12-19(5)6/h7-16H2,1-6H3. The maximum absolute atomic E-state index is 5.91. The van der Waals surface area contributed by atoms with Crippen molar-refractivity contribution in [2.24, 2.45) is 5.41 Å². The van der Waals surface area contributed by atoms with Gasteiger partial charge in [0.2, 0.25) is 0 Å². The molecule has 0 rings (SSSR count). The predicted octanol–water partition coefficient (Wildman–Crippen LogP) is 2.73. The van der Waals surface area contributed by atoms with Crippen molar-refractivity contribution in [3.8, 4) is 0 Å². The fourth-order valence-corrected chi connectivity index (χ4v) is 2.24. The Hall–Kier alpha value is -0.160. The zero-order valence-electron chi connectivity index (χ0n) is 15.3. The summed E-state index contributed by atoms with van der Waals surface area (Å²) in [6.45, 7) is 10.0. The minimum atomic E-state index is 0.191. The van der Waals surface area contributed by atoms with Crippen LogP contribution < -0.4 is 0 Å². The highest BCUT2D eigenvalue weighted by molar-refractivity contribution is 4.76. The molecule has 0 aromatic carbocycles. The van der Waals surface area contributed by atoms with Gasteiger partial charge in [0.25, 0.3) is 0 Å². The topological polar surface area (TPSA) is 24.9 Å². The van der Waals surface area contributed by atoms with Crippen molar-refractivity contribution in [3.63, 3.8) is 0 Å². The fraction of sp³-hybridized carbons (Fsp3) is 1.00. The lowest BCUT2D eigenvalue weighted by Gasteiger charge is -2.31. The Kier molecular flexibility index (Phi) is 12.3. The summed E-state index contributed by atoms with van der Waals surface area (Å²) in [6.07, 6.45) is 4.43. The normalized spacial score (nSPS) is 12.6. The molecule has 0 aliphatic carbocycles. The van der Waals surface area contributed by atoms with Crippen LogP contribution in [0.4, 0.5) is 0 Å². The second kappa shape index (κ2) is 12.4.